The molecule has 7 nitrogen and oxygen atoms in total. The summed E-state index contributed by atoms with van der Waals surface area (Å²) in [6.07, 6.45) is 1.07. The molecule has 1 atom stereocenters. The maximum atomic E-state index is 12.2. The van der Waals surface area contributed by atoms with Crippen LogP contribution in [0.1, 0.15) is 31.6 Å². The lowest BCUT2D eigenvalue weighted by atomic mass is 9.99. The van der Waals surface area contributed by atoms with Crippen LogP contribution in [0.2, 0.25) is 0 Å². The Hall–Kier alpha value is -2.09. The zero-order valence-corrected chi connectivity index (χ0v) is 14.2. The third-order valence-corrected chi connectivity index (χ3v) is 4.78. The quantitative estimate of drug-likeness (QED) is 0.522. The molecule has 0 bridgehead atoms. The van der Waals surface area contributed by atoms with Crippen LogP contribution in [-0.2, 0) is 11.3 Å². The molecule has 3 N–H and O–H groups in total. The fourth-order valence-corrected chi connectivity index (χ4v) is 2.92. The van der Waals surface area contributed by atoms with Gasteiger partial charge in [0.05, 0.1) is 6.54 Å². The van der Waals surface area contributed by atoms with Gasteiger partial charge in [-0.1, -0.05) is 13.0 Å². The molecule has 0 spiro atoms. The fourth-order valence-electron chi connectivity index (χ4n) is 2.27. The molecule has 1 aliphatic rings. The van der Waals surface area contributed by atoms with Crippen LogP contribution in [0, 0.1) is 0 Å². The summed E-state index contributed by atoms with van der Waals surface area (Å²) in [5.41, 5.74) is -0.803. The summed E-state index contributed by atoms with van der Waals surface area (Å²) in [6.45, 7) is 4.78. The van der Waals surface area contributed by atoms with Gasteiger partial charge in [0.15, 0.2) is 0 Å². The van der Waals surface area contributed by atoms with E-state index in [1.807, 2.05) is 24.4 Å². The van der Waals surface area contributed by atoms with Crippen molar-refractivity contribution < 1.29 is 14.4 Å². The highest BCUT2D eigenvalue weighted by Gasteiger charge is 2.45. The molecule has 0 aliphatic carbocycles. The average Bonchev–Trinajstić information content (AvgIpc) is 3.11. The van der Waals surface area contributed by atoms with Gasteiger partial charge < -0.3 is 16.0 Å². The van der Waals surface area contributed by atoms with E-state index in [-0.39, 0.29) is 18.0 Å². The number of nitrogens with zero attached hydrogens (tertiary/aromatic N) is 1. The van der Waals surface area contributed by atoms with Gasteiger partial charge in [-0.3, -0.25) is 9.69 Å². The van der Waals surface area contributed by atoms with E-state index in [1.165, 1.54) is 4.90 Å². The molecule has 1 saturated heterocycles. The first kappa shape index (κ1) is 17.3. The normalized spacial score (nSPS) is 20.5. The highest BCUT2D eigenvalue weighted by molar-refractivity contribution is 7.09. The van der Waals surface area contributed by atoms with E-state index in [0.717, 1.165) is 4.88 Å². The standard InChI is InChI=1S/C15H22N4O3S/c1-3-15(2)12(20)19(14(22)18-15)8-5-7-16-13(21)17-10-11-6-4-9-23-11/h4,6,9H,3,5,7-8,10H2,1-2H3,(H,18,22)(H2,16,17,21). The number of carbonyl (C=O) groups is 3. The van der Waals surface area contributed by atoms with Crippen LogP contribution in [0.5, 0.6) is 0 Å². The Balaban J connectivity index is 1.66. The van der Waals surface area contributed by atoms with Crippen molar-refractivity contribution in [2.45, 2.75) is 38.8 Å². The Morgan fingerprint density at radius 3 is 2.78 bits per heavy atom. The number of carbonyl (C=O) groups excluding carboxylic acids is 3. The predicted molar refractivity (Wildman–Crippen MR) is 88.1 cm³/mol. The van der Waals surface area contributed by atoms with Gasteiger partial charge in [0.2, 0.25) is 0 Å². The van der Waals surface area contributed by atoms with Crippen LogP contribution in [0.4, 0.5) is 9.59 Å². The summed E-state index contributed by atoms with van der Waals surface area (Å²) in [5.74, 6) is -0.202. The number of nitrogens with one attached hydrogen (secondary N) is 3. The molecule has 1 aromatic heterocycles. The number of imide groups is 1. The Kier molecular flexibility index (Phi) is 5.59. The van der Waals surface area contributed by atoms with Gasteiger partial charge in [-0.2, -0.15) is 0 Å². The number of rotatable bonds is 7. The molecule has 1 aliphatic heterocycles. The van der Waals surface area contributed by atoms with Crippen LogP contribution in [0.3, 0.4) is 0 Å². The Morgan fingerprint density at radius 2 is 2.17 bits per heavy atom. The molecule has 0 radical (unpaired) electrons. The van der Waals surface area contributed by atoms with Crippen LogP contribution in [0.25, 0.3) is 0 Å². The van der Waals surface area contributed by atoms with Crippen molar-refractivity contribution in [1.29, 1.82) is 0 Å². The third kappa shape index (κ3) is 4.22. The maximum Gasteiger partial charge on any atom is 0.325 e. The van der Waals surface area contributed by atoms with E-state index in [1.54, 1.807) is 18.3 Å². The highest BCUT2D eigenvalue weighted by atomic mass is 32.1. The molecular weight excluding hydrogens is 316 g/mol. The van der Waals surface area contributed by atoms with Gasteiger partial charge in [0, 0.05) is 18.0 Å². The van der Waals surface area contributed by atoms with Crippen molar-refractivity contribution in [3.63, 3.8) is 0 Å². The van der Waals surface area contributed by atoms with E-state index in [4.69, 9.17) is 0 Å². The molecule has 0 saturated carbocycles. The monoisotopic (exact) mass is 338 g/mol. The maximum absolute atomic E-state index is 12.2. The van der Waals surface area contributed by atoms with Crippen molar-refractivity contribution in [2.75, 3.05) is 13.1 Å². The van der Waals surface area contributed by atoms with Crippen molar-refractivity contribution in [3.05, 3.63) is 22.4 Å². The molecule has 0 aromatic carbocycles. The van der Waals surface area contributed by atoms with Gasteiger partial charge in [0.25, 0.3) is 5.91 Å². The lowest BCUT2D eigenvalue weighted by molar-refractivity contribution is -0.130. The van der Waals surface area contributed by atoms with E-state index < -0.39 is 5.54 Å². The third-order valence-electron chi connectivity index (χ3n) is 3.90. The summed E-state index contributed by atoms with van der Waals surface area (Å²) in [4.78, 5) is 37.9. The minimum atomic E-state index is -0.803. The minimum Gasteiger partial charge on any atom is -0.338 e. The van der Waals surface area contributed by atoms with Crippen molar-refractivity contribution >= 4 is 29.3 Å². The lowest BCUT2D eigenvalue weighted by Crippen LogP contribution is -2.43. The number of thiophene rings is 1. The fraction of sp³-hybridized carbons (Fsp3) is 0.533. The van der Waals surface area contributed by atoms with Crippen LogP contribution in [0.15, 0.2) is 17.5 Å². The van der Waals surface area contributed by atoms with Crippen molar-refractivity contribution in [1.82, 2.24) is 20.9 Å². The first-order valence-corrected chi connectivity index (χ1v) is 8.52. The summed E-state index contributed by atoms with van der Waals surface area (Å²) < 4.78 is 0. The average molecular weight is 338 g/mol. The Morgan fingerprint density at radius 1 is 1.39 bits per heavy atom. The highest BCUT2D eigenvalue weighted by Crippen LogP contribution is 2.20. The summed E-state index contributed by atoms with van der Waals surface area (Å²) in [5, 5.41) is 10.1. The first-order valence-electron chi connectivity index (χ1n) is 7.64. The second-order valence-corrected chi connectivity index (χ2v) is 6.65. The van der Waals surface area contributed by atoms with E-state index in [0.29, 0.717) is 32.5 Å². The van der Waals surface area contributed by atoms with Gasteiger partial charge in [-0.25, -0.2) is 9.59 Å². The second kappa shape index (κ2) is 7.45. The molecule has 5 amide bonds. The number of urea groups is 2. The summed E-state index contributed by atoms with van der Waals surface area (Å²) in [7, 11) is 0. The van der Waals surface area contributed by atoms with Gasteiger partial charge in [-0.05, 0) is 31.2 Å². The Labute approximate surface area is 139 Å². The van der Waals surface area contributed by atoms with Gasteiger partial charge in [0.1, 0.15) is 5.54 Å². The van der Waals surface area contributed by atoms with E-state index in [2.05, 4.69) is 16.0 Å². The second-order valence-electron chi connectivity index (χ2n) is 5.61. The lowest BCUT2D eigenvalue weighted by Gasteiger charge is -2.19. The minimum absolute atomic E-state index is 0.202. The predicted octanol–water partition coefficient (Wildman–Crippen LogP) is 1.66. The van der Waals surface area contributed by atoms with Crippen molar-refractivity contribution in [2.24, 2.45) is 0 Å². The molecule has 126 valence electrons. The van der Waals surface area contributed by atoms with E-state index >= 15 is 0 Å². The molecular formula is C15H22N4O3S. The molecule has 2 rings (SSSR count). The van der Waals surface area contributed by atoms with Crippen molar-refractivity contribution in [3.8, 4) is 0 Å². The summed E-state index contributed by atoms with van der Waals surface area (Å²) >= 11 is 1.58. The van der Waals surface area contributed by atoms with E-state index in [9.17, 15) is 14.4 Å². The van der Waals surface area contributed by atoms with Gasteiger partial charge in [-0.15, -0.1) is 11.3 Å². The van der Waals surface area contributed by atoms with Crippen LogP contribution >= 0.6 is 11.3 Å². The smallest absolute Gasteiger partial charge is 0.325 e. The molecule has 1 aromatic rings. The zero-order chi connectivity index (χ0) is 16.9. The van der Waals surface area contributed by atoms with Crippen LogP contribution < -0.4 is 16.0 Å². The molecule has 8 heteroatoms. The number of amides is 5. The summed E-state index contributed by atoms with van der Waals surface area (Å²) in [6, 6.07) is 3.27. The molecule has 1 unspecified atom stereocenters. The molecule has 1 fully saturated rings. The zero-order valence-electron chi connectivity index (χ0n) is 13.3. The first-order chi connectivity index (χ1) is 11.0. The topological polar surface area (TPSA) is 90.5 Å². The van der Waals surface area contributed by atoms with Crippen LogP contribution in [-0.4, -0.2) is 41.5 Å². The number of hydrogen-bond donors (Lipinski definition) is 3. The molecule has 2 heterocycles. The van der Waals surface area contributed by atoms with Gasteiger partial charge >= 0.3 is 12.1 Å². The SMILES string of the molecule is CCC1(C)NC(=O)N(CCCNC(=O)NCc2cccs2)C1=O. The molecule has 23 heavy (non-hydrogen) atoms. The largest absolute Gasteiger partial charge is 0.338 e. The number of hydrogen-bond acceptors (Lipinski definition) is 4. The Bertz CT molecular complexity index is 575.